The van der Waals surface area contributed by atoms with E-state index in [1.54, 1.807) is 20.2 Å². The largest absolute Gasteiger partial charge is 0.462 e. The van der Waals surface area contributed by atoms with E-state index in [2.05, 4.69) is 17.2 Å². The van der Waals surface area contributed by atoms with Gasteiger partial charge in [0.15, 0.2) is 0 Å². The van der Waals surface area contributed by atoms with Crippen LogP contribution in [0.4, 0.5) is 0 Å². The molecular formula is C19H25ClN3O2+. The first-order chi connectivity index (χ1) is 12.0. The maximum Gasteiger partial charge on any atom is 0.338 e. The fraction of sp³-hybridized carbons (Fsp3) is 0.368. The second-order valence-electron chi connectivity index (χ2n) is 5.74. The zero-order valence-electron chi connectivity index (χ0n) is 14.9. The van der Waals surface area contributed by atoms with Gasteiger partial charge >= 0.3 is 5.97 Å². The molecule has 2 rings (SSSR count). The van der Waals surface area contributed by atoms with Crippen molar-refractivity contribution >= 4 is 23.4 Å². The average molecular weight is 363 g/mol. The van der Waals surface area contributed by atoms with Gasteiger partial charge in [0, 0.05) is 24.7 Å². The van der Waals surface area contributed by atoms with Gasteiger partial charge in [-0.2, -0.15) is 0 Å². The Morgan fingerprint density at radius 1 is 1.40 bits per heavy atom. The molecular weight excluding hydrogens is 338 g/mol. The van der Waals surface area contributed by atoms with Gasteiger partial charge in [-0.25, -0.2) is 9.79 Å². The summed E-state index contributed by atoms with van der Waals surface area (Å²) in [5.41, 5.74) is 9.21. The van der Waals surface area contributed by atoms with Crippen LogP contribution in [0.3, 0.4) is 0 Å². The molecule has 0 saturated carbocycles. The van der Waals surface area contributed by atoms with Crippen LogP contribution in [0.1, 0.15) is 38.2 Å². The Morgan fingerprint density at radius 3 is 2.72 bits per heavy atom. The van der Waals surface area contributed by atoms with Crippen molar-refractivity contribution in [2.24, 2.45) is 5.73 Å². The first-order valence-corrected chi connectivity index (χ1v) is 8.84. The van der Waals surface area contributed by atoms with Gasteiger partial charge in [0.05, 0.1) is 23.7 Å². The molecule has 25 heavy (non-hydrogen) atoms. The number of ether oxygens (including phenoxy) is 1. The van der Waals surface area contributed by atoms with Crippen LogP contribution in [0.15, 0.2) is 47.3 Å². The summed E-state index contributed by atoms with van der Waals surface area (Å²) in [7, 11) is 1.79. The summed E-state index contributed by atoms with van der Waals surface area (Å²) in [4.78, 5) is 16.0. The molecule has 0 spiro atoms. The average Bonchev–Trinajstić information content (AvgIpc) is 2.58. The minimum Gasteiger partial charge on any atom is -0.462 e. The van der Waals surface area contributed by atoms with Crippen molar-refractivity contribution in [3.8, 4) is 0 Å². The Kier molecular flexibility index (Phi) is 6.65. The lowest BCUT2D eigenvalue weighted by Gasteiger charge is -2.26. The molecule has 0 amide bonds. The number of rotatable bonds is 6. The second-order valence-corrected chi connectivity index (χ2v) is 6.15. The molecule has 1 aliphatic rings. The monoisotopic (exact) mass is 362 g/mol. The number of amidine groups is 1. The highest BCUT2D eigenvalue weighted by Gasteiger charge is 2.38. The van der Waals surface area contributed by atoms with E-state index in [1.165, 1.54) is 0 Å². The molecule has 0 bridgehead atoms. The Labute approximate surface area is 153 Å². The number of carbonyl (C=O) groups excluding carboxylic acids is 1. The van der Waals surface area contributed by atoms with Gasteiger partial charge in [-0.05, 0) is 25.0 Å². The number of esters is 1. The predicted molar refractivity (Wildman–Crippen MR) is 100 cm³/mol. The molecule has 4 N–H and O–H groups in total. The number of nitrogens with two attached hydrogens (primary N) is 1. The van der Waals surface area contributed by atoms with Crippen molar-refractivity contribution in [1.29, 1.82) is 0 Å². The number of halogens is 1. The molecule has 1 heterocycles. The molecule has 1 aromatic carbocycles. The fourth-order valence-electron chi connectivity index (χ4n) is 3.03. The number of hydrogen-bond acceptors (Lipinski definition) is 4. The van der Waals surface area contributed by atoms with E-state index in [9.17, 15) is 4.79 Å². The van der Waals surface area contributed by atoms with Crippen LogP contribution in [-0.4, -0.2) is 25.5 Å². The molecule has 0 fully saturated rings. The van der Waals surface area contributed by atoms with Crippen molar-refractivity contribution in [1.82, 2.24) is 5.32 Å². The molecule has 1 atom stereocenters. The molecule has 134 valence electrons. The van der Waals surface area contributed by atoms with Crippen LogP contribution in [0.25, 0.3) is 0 Å². The lowest BCUT2D eigenvalue weighted by molar-refractivity contribution is -0.404. The van der Waals surface area contributed by atoms with Gasteiger partial charge in [0.25, 0.3) is 5.84 Å². The maximum atomic E-state index is 12.8. The summed E-state index contributed by atoms with van der Waals surface area (Å²) in [5, 5.41) is 3.59. The van der Waals surface area contributed by atoms with E-state index < -0.39 is 0 Å². The number of hydrogen-bond donors (Lipinski definition) is 3. The molecule has 1 unspecified atom stereocenters. The Bertz CT molecular complexity index is 738. The highest BCUT2D eigenvalue weighted by Crippen LogP contribution is 2.38. The minimum atomic E-state index is -0.386. The second kappa shape index (κ2) is 8.72. The quantitative estimate of drug-likeness (QED) is 0.672. The summed E-state index contributed by atoms with van der Waals surface area (Å²) in [5.74, 6) is -0.225. The Morgan fingerprint density at radius 2 is 2.12 bits per heavy atom. The number of benzene rings is 1. The molecule has 5 nitrogen and oxygen atoms in total. The van der Waals surface area contributed by atoms with Crippen LogP contribution < -0.4 is 16.0 Å². The van der Waals surface area contributed by atoms with Crippen LogP contribution in [-0.2, 0) is 9.53 Å². The topological polar surface area (TPSA) is 78.3 Å². The number of carbonyl (C=O) groups is 1. The van der Waals surface area contributed by atoms with E-state index in [0.29, 0.717) is 29.5 Å². The molecule has 0 radical (unpaired) electrons. The highest BCUT2D eigenvalue weighted by molar-refractivity contribution is 6.31. The van der Waals surface area contributed by atoms with Gasteiger partial charge < -0.3 is 10.1 Å². The van der Waals surface area contributed by atoms with Gasteiger partial charge in [-0.1, -0.05) is 36.7 Å². The number of nitrogens with one attached hydrogen (secondary N) is 2. The third-order valence-electron chi connectivity index (χ3n) is 4.03. The Hall–Kier alpha value is -2.27. The van der Waals surface area contributed by atoms with E-state index >= 15 is 0 Å². The van der Waals surface area contributed by atoms with Crippen LogP contribution in [0.5, 0.6) is 0 Å². The number of allylic oxidation sites excluding steroid dienone is 1. The Balaban J connectivity index is 2.73. The SMILES string of the molecule is CCCC1=C(C(=O)OCC)C(c2ccccc2Cl)/C(=C/NC)C(N)=[NH+]1. The lowest BCUT2D eigenvalue weighted by Crippen LogP contribution is -2.76. The smallest absolute Gasteiger partial charge is 0.338 e. The third kappa shape index (κ3) is 4.04. The van der Waals surface area contributed by atoms with E-state index in [0.717, 1.165) is 23.3 Å². The van der Waals surface area contributed by atoms with Crippen LogP contribution in [0, 0.1) is 0 Å². The van der Waals surface area contributed by atoms with Gasteiger partial charge in [-0.15, -0.1) is 0 Å². The first-order valence-electron chi connectivity index (χ1n) is 8.46. The zero-order chi connectivity index (χ0) is 18.4. The minimum absolute atomic E-state index is 0.307. The van der Waals surface area contributed by atoms with E-state index in [4.69, 9.17) is 22.1 Å². The summed E-state index contributed by atoms with van der Waals surface area (Å²) < 4.78 is 5.33. The van der Waals surface area contributed by atoms with Crippen molar-refractivity contribution in [2.45, 2.75) is 32.6 Å². The zero-order valence-corrected chi connectivity index (χ0v) is 15.6. The summed E-state index contributed by atoms with van der Waals surface area (Å²) in [6, 6.07) is 7.49. The van der Waals surface area contributed by atoms with Gasteiger partial charge in [0.1, 0.15) is 5.70 Å². The summed E-state index contributed by atoms with van der Waals surface area (Å²) in [6.07, 6.45) is 3.36. The van der Waals surface area contributed by atoms with Gasteiger partial charge in [-0.3, -0.25) is 5.73 Å². The maximum absolute atomic E-state index is 12.8. The molecule has 6 heteroatoms. The van der Waals surface area contributed by atoms with Crippen molar-refractivity contribution in [3.05, 3.63) is 57.9 Å². The molecule has 1 aliphatic heterocycles. The van der Waals surface area contributed by atoms with Crippen LogP contribution >= 0.6 is 11.6 Å². The summed E-state index contributed by atoms with van der Waals surface area (Å²) in [6.45, 7) is 4.15. The molecule has 0 saturated heterocycles. The molecule has 0 aromatic heterocycles. The lowest BCUT2D eigenvalue weighted by atomic mass is 9.80. The summed E-state index contributed by atoms with van der Waals surface area (Å²) >= 11 is 6.45. The van der Waals surface area contributed by atoms with E-state index in [1.807, 2.05) is 24.3 Å². The van der Waals surface area contributed by atoms with Crippen molar-refractivity contribution < 1.29 is 14.5 Å². The molecule has 1 aromatic rings. The van der Waals surface area contributed by atoms with Crippen LogP contribution in [0.2, 0.25) is 5.02 Å². The first kappa shape index (κ1) is 19.1. The van der Waals surface area contributed by atoms with Gasteiger partial charge in [0.2, 0.25) is 0 Å². The van der Waals surface area contributed by atoms with E-state index in [-0.39, 0.29) is 11.9 Å². The fourth-order valence-corrected chi connectivity index (χ4v) is 3.28. The highest BCUT2D eigenvalue weighted by atomic mass is 35.5. The normalized spacial score (nSPS) is 19.0. The van der Waals surface area contributed by atoms with Crippen molar-refractivity contribution in [2.75, 3.05) is 13.7 Å². The van der Waals surface area contributed by atoms with Crippen molar-refractivity contribution in [3.63, 3.8) is 0 Å². The molecule has 0 aliphatic carbocycles. The predicted octanol–water partition coefficient (Wildman–Crippen LogP) is 1.60. The third-order valence-corrected chi connectivity index (χ3v) is 4.38. The standard InChI is InChI=1S/C19H24ClN3O2/c1-4-8-15-17(19(24)25-5-2)16(12-9-6-7-10-14(12)20)13(11-22-3)18(21)23-15/h6-7,9-11,16,22H,4-5,8H2,1-3H3,(H2,21,23)/p+1/b13-11-.